The highest BCUT2D eigenvalue weighted by Gasteiger charge is 2.15. The van der Waals surface area contributed by atoms with E-state index in [9.17, 15) is 9.59 Å². The molecule has 0 spiro atoms. The minimum absolute atomic E-state index is 0.138. The van der Waals surface area contributed by atoms with Crippen molar-refractivity contribution in [1.82, 2.24) is 24.5 Å². The van der Waals surface area contributed by atoms with Gasteiger partial charge in [0, 0.05) is 22.2 Å². The minimum atomic E-state index is -0.366. The molecule has 1 aromatic carbocycles. The number of nitrogens with one attached hydrogen (secondary N) is 1. The fourth-order valence-corrected chi connectivity index (χ4v) is 4.29. The van der Waals surface area contributed by atoms with E-state index in [1.165, 1.54) is 20.8 Å². The lowest BCUT2D eigenvalue weighted by Crippen LogP contribution is -2.32. The largest absolute Gasteiger partial charge is 0.350 e. The monoisotopic (exact) mass is 411 g/mol. The van der Waals surface area contributed by atoms with E-state index in [2.05, 4.69) is 15.4 Å². The fraction of sp³-hybridized carbons (Fsp3) is 0.158. The molecule has 0 unspecified atom stereocenters. The van der Waals surface area contributed by atoms with Gasteiger partial charge in [-0.15, -0.1) is 16.4 Å². The van der Waals surface area contributed by atoms with E-state index in [1.54, 1.807) is 23.7 Å². The summed E-state index contributed by atoms with van der Waals surface area (Å²) >= 11 is 3.00. The highest BCUT2D eigenvalue weighted by molar-refractivity contribution is 7.99. The van der Waals surface area contributed by atoms with Crippen LogP contribution in [0, 0.1) is 6.92 Å². The summed E-state index contributed by atoms with van der Waals surface area (Å²) in [5.41, 5.74) is 1.21. The molecule has 0 atom stereocenters. The second-order valence-corrected chi connectivity index (χ2v) is 8.24. The van der Waals surface area contributed by atoms with Gasteiger partial charge in [0.2, 0.25) is 5.91 Å². The Labute approximate surface area is 169 Å². The maximum Gasteiger partial charge on any atom is 0.350 e. The molecular formula is C19H17N5O2S2. The first-order valence-corrected chi connectivity index (χ1v) is 10.3. The average molecular weight is 412 g/mol. The predicted octanol–water partition coefficient (Wildman–Crippen LogP) is 2.73. The summed E-state index contributed by atoms with van der Waals surface area (Å²) < 4.78 is 2.58. The number of carbonyl (C=O) groups is 1. The van der Waals surface area contributed by atoms with Crippen LogP contribution in [0.1, 0.15) is 10.4 Å². The van der Waals surface area contributed by atoms with Crippen molar-refractivity contribution in [1.29, 1.82) is 0 Å². The number of aryl methyl sites for hydroxylation is 1. The number of amides is 1. The molecular weight excluding hydrogens is 394 g/mol. The molecule has 0 aliphatic heterocycles. The first-order valence-electron chi connectivity index (χ1n) is 8.58. The van der Waals surface area contributed by atoms with Crippen LogP contribution in [0.3, 0.4) is 0 Å². The average Bonchev–Trinajstić information content (AvgIpc) is 3.30. The van der Waals surface area contributed by atoms with Gasteiger partial charge in [0.15, 0.2) is 5.65 Å². The van der Waals surface area contributed by atoms with Crippen molar-refractivity contribution >= 4 is 34.7 Å². The maximum atomic E-state index is 12.6. The first kappa shape index (κ1) is 18.5. The van der Waals surface area contributed by atoms with Gasteiger partial charge in [-0.25, -0.2) is 18.9 Å². The lowest BCUT2D eigenvalue weighted by atomic mass is 10.2. The van der Waals surface area contributed by atoms with Crippen LogP contribution in [0.25, 0.3) is 5.65 Å². The van der Waals surface area contributed by atoms with Gasteiger partial charge in [0.05, 0.1) is 6.54 Å². The van der Waals surface area contributed by atoms with Crippen LogP contribution in [-0.2, 0) is 17.9 Å². The molecule has 1 amide bonds. The molecule has 4 aromatic rings. The second kappa shape index (κ2) is 7.99. The quantitative estimate of drug-likeness (QED) is 0.528. The Bertz CT molecular complexity index is 1180. The van der Waals surface area contributed by atoms with Crippen LogP contribution in [0.15, 0.2) is 68.9 Å². The molecule has 0 aliphatic carbocycles. The van der Waals surface area contributed by atoms with Gasteiger partial charge in [-0.2, -0.15) is 0 Å². The van der Waals surface area contributed by atoms with Crippen LogP contribution in [0.5, 0.6) is 0 Å². The fourth-order valence-electron chi connectivity index (χ4n) is 2.68. The Kier molecular flexibility index (Phi) is 5.27. The zero-order valence-corrected chi connectivity index (χ0v) is 16.7. The van der Waals surface area contributed by atoms with Crippen LogP contribution in [-0.4, -0.2) is 25.1 Å². The lowest BCUT2D eigenvalue weighted by molar-refractivity contribution is -0.122. The van der Waals surface area contributed by atoms with E-state index in [4.69, 9.17) is 0 Å². The third-order valence-electron chi connectivity index (χ3n) is 4.01. The number of nitrogens with zero attached hydrogens (tertiary/aromatic N) is 4. The van der Waals surface area contributed by atoms with Gasteiger partial charge in [-0.05, 0) is 30.5 Å². The van der Waals surface area contributed by atoms with Gasteiger partial charge < -0.3 is 5.32 Å². The number of hydrogen-bond acceptors (Lipinski definition) is 6. The molecule has 4 rings (SSSR count). The van der Waals surface area contributed by atoms with Crippen molar-refractivity contribution in [3.63, 3.8) is 0 Å². The Morgan fingerprint density at radius 1 is 1.29 bits per heavy atom. The SMILES string of the molecule is Cc1cccc(Sc2nccn3c(=O)n(CC(=O)NCc4cccs4)nc23)c1. The zero-order chi connectivity index (χ0) is 19.5. The molecule has 0 fully saturated rings. The minimum Gasteiger partial charge on any atom is -0.350 e. The van der Waals surface area contributed by atoms with Crippen LogP contribution in [0.2, 0.25) is 0 Å². The Balaban J connectivity index is 1.56. The number of fused-ring (bicyclic) bond motifs is 1. The van der Waals surface area contributed by atoms with E-state index in [1.807, 2.05) is 48.7 Å². The normalized spacial score (nSPS) is 11.0. The van der Waals surface area contributed by atoms with Gasteiger partial charge in [-0.3, -0.25) is 4.79 Å². The molecule has 3 aromatic heterocycles. The lowest BCUT2D eigenvalue weighted by Gasteiger charge is -2.03. The van der Waals surface area contributed by atoms with Gasteiger partial charge in [-0.1, -0.05) is 35.5 Å². The van der Waals surface area contributed by atoms with Crippen molar-refractivity contribution in [2.75, 3.05) is 0 Å². The van der Waals surface area contributed by atoms with E-state index in [0.29, 0.717) is 17.2 Å². The molecule has 0 saturated heterocycles. The molecule has 28 heavy (non-hydrogen) atoms. The second-order valence-electron chi connectivity index (χ2n) is 6.14. The third kappa shape index (κ3) is 4.00. The summed E-state index contributed by atoms with van der Waals surface area (Å²) in [6, 6.07) is 11.9. The summed E-state index contributed by atoms with van der Waals surface area (Å²) in [4.78, 5) is 31.2. The van der Waals surface area contributed by atoms with E-state index < -0.39 is 0 Å². The van der Waals surface area contributed by atoms with Gasteiger partial charge in [0.1, 0.15) is 11.6 Å². The predicted molar refractivity (Wildman–Crippen MR) is 109 cm³/mol. The molecule has 0 bridgehead atoms. The molecule has 1 N–H and O–H groups in total. The van der Waals surface area contributed by atoms with E-state index in [-0.39, 0.29) is 18.1 Å². The Morgan fingerprint density at radius 3 is 2.96 bits per heavy atom. The van der Waals surface area contributed by atoms with Crippen molar-refractivity contribution in [3.8, 4) is 0 Å². The first-order chi connectivity index (χ1) is 13.6. The number of carbonyl (C=O) groups excluding carboxylic acids is 1. The molecule has 7 nitrogen and oxygen atoms in total. The topological polar surface area (TPSA) is 81.3 Å². The Morgan fingerprint density at radius 2 is 2.18 bits per heavy atom. The smallest absolute Gasteiger partial charge is 0.350 e. The molecule has 0 radical (unpaired) electrons. The van der Waals surface area contributed by atoms with Gasteiger partial charge >= 0.3 is 5.69 Å². The highest BCUT2D eigenvalue weighted by atomic mass is 32.2. The van der Waals surface area contributed by atoms with E-state index in [0.717, 1.165) is 15.3 Å². The van der Waals surface area contributed by atoms with Crippen molar-refractivity contribution in [2.24, 2.45) is 0 Å². The number of thiophene rings is 1. The van der Waals surface area contributed by atoms with Crippen LogP contribution < -0.4 is 11.0 Å². The summed E-state index contributed by atoms with van der Waals surface area (Å²) in [5, 5.41) is 9.72. The van der Waals surface area contributed by atoms with Crippen molar-refractivity contribution < 1.29 is 4.79 Å². The number of rotatable bonds is 6. The molecule has 142 valence electrons. The Hall–Kier alpha value is -2.91. The standard InChI is InChI=1S/C19H17N5O2S2/c1-13-4-2-5-14(10-13)28-18-17-22-24(19(26)23(17)8-7-20-18)12-16(25)21-11-15-6-3-9-27-15/h2-10H,11-12H2,1H3,(H,21,25). The zero-order valence-electron chi connectivity index (χ0n) is 15.0. The van der Waals surface area contributed by atoms with Crippen LogP contribution in [0.4, 0.5) is 0 Å². The molecule has 3 heterocycles. The number of benzene rings is 1. The highest BCUT2D eigenvalue weighted by Crippen LogP contribution is 2.28. The molecule has 9 heteroatoms. The maximum absolute atomic E-state index is 12.6. The van der Waals surface area contributed by atoms with Gasteiger partial charge in [0.25, 0.3) is 0 Å². The number of aromatic nitrogens is 4. The molecule has 0 saturated carbocycles. The third-order valence-corrected chi connectivity index (χ3v) is 5.85. The van der Waals surface area contributed by atoms with E-state index >= 15 is 0 Å². The summed E-state index contributed by atoms with van der Waals surface area (Å²) in [6.45, 7) is 2.32. The summed E-state index contributed by atoms with van der Waals surface area (Å²) in [5.74, 6) is -0.264. The van der Waals surface area contributed by atoms with Crippen molar-refractivity contribution in [3.05, 3.63) is 75.1 Å². The van der Waals surface area contributed by atoms with Crippen LogP contribution >= 0.6 is 23.1 Å². The summed E-state index contributed by atoms with van der Waals surface area (Å²) in [6.07, 6.45) is 3.13. The molecule has 0 aliphatic rings. The summed E-state index contributed by atoms with van der Waals surface area (Å²) in [7, 11) is 0. The van der Waals surface area contributed by atoms with Crippen molar-refractivity contribution in [2.45, 2.75) is 29.9 Å². The number of hydrogen-bond donors (Lipinski definition) is 1.